The van der Waals surface area contributed by atoms with Gasteiger partial charge in [0, 0.05) is 5.39 Å². The molecule has 0 heterocycles. The molecule has 0 aliphatic carbocycles. The maximum absolute atomic E-state index is 6.42. The van der Waals surface area contributed by atoms with Crippen molar-refractivity contribution in [2.45, 2.75) is 6.92 Å². The molecular weight excluding hydrogens is 256 g/mol. The van der Waals surface area contributed by atoms with Crippen LogP contribution in [0.2, 0.25) is 5.02 Å². The Morgan fingerprint density at radius 3 is 2.37 bits per heavy atom. The van der Waals surface area contributed by atoms with E-state index in [2.05, 4.69) is 0 Å². The normalized spacial score (nSPS) is 10.6. The van der Waals surface area contributed by atoms with Crippen molar-refractivity contribution < 1.29 is 4.74 Å². The van der Waals surface area contributed by atoms with Crippen LogP contribution in [0.1, 0.15) is 5.56 Å². The summed E-state index contributed by atoms with van der Waals surface area (Å²) in [7, 11) is 0. The van der Waals surface area contributed by atoms with Crippen LogP contribution in [-0.4, -0.2) is 0 Å². The van der Waals surface area contributed by atoms with Crippen molar-refractivity contribution in [2.75, 3.05) is 0 Å². The first kappa shape index (κ1) is 12.1. The molecule has 0 aliphatic rings. The van der Waals surface area contributed by atoms with Gasteiger partial charge in [0.05, 0.1) is 5.02 Å². The van der Waals surface area contributed by atoms with Crippen molar-refractivity contribution in [2.24, 2.45) is 0 Å². The van der Waals surface area contributed by atoms with E-state index < -0.39 is 0 Å². The Labute approximate surface area is 117 Å². The lowest BCUT2D eigenvalue weighted by atomic mass is 10.1. The first-order valence-electron chi connectivity index (χ1n) is 6.16. The Balaban J connectivity index is 2.07. The SMILES string of the molecule is Cc1ccccc1Oc1ccc2ccccc2c1Cl. The highest BCUT2D eigenvalue weighted by Crippen LogP contribution is 2.36. The summed E-state index contributed by atoms with van der Waals surface area (Å²) in [6.45, 7) is 2.02. The van der Waals surface area contributed by atoms with E-state index in [1.165, 1.54) is 0 Å². The molecule has 0 spiro atoms. The number of halogens is 1. The molecule has 19 heavy (non-hydrogen) atoms. The van der Waals surface area contributed by atoms with E-state index in [4.69, 9.17) is 16.3 Å². The monoisotopic (exact) mass is 268 g/mol. The highest BCUT2D eigenvalue weighted by Gasteiger charge is 2.08. The van der Waals surface area contributed by atoms with Crippen LogP contribution >= 0.6 is 11.6 Å². The zero-order valence-corrected chi connectivity index (χ0v) is 11.3. The topological polar surface area (TPSA) is 9.23 Å². The molecule has 94 valence electrons. The van der Waals surface area contributed by atoms with Crippen LogP contribution in [0.15, 0.2) is 60.7 Å². The average Bonchev–Trinajstić information content (AvgIpc) is 2.44. The third-order valence-corrected chi connectivity index (χ3v) is 3.53. The predicted octanol–water partition coefficient (Wildman–Crippen LogP) is 5.59. The average molecular weight is 269 g/mol. The van der Waals surface area contributed by atoms with E-state index in [1.54, 1.807) is 0 Å². The fraction of sp³-hybridized carbons (Fsp3) is 0.0588. The van der Waals surface area contributed by atoms with Gasteiger partial charge in [0.25, 0.3) is 0 Å². The van der Waals surface area contributed by atoms with Gasteiger partial charge in [0.1, 0.15) is 11.5 Å². The zero-order chi connectivity index (χ0) is 13.2. The lowest BCUT2D eigenvalue weighted by molar-refractivity contribution is 0.480. The molecule has 0 saturated carbocycles. The summed E-state index contributed by atoms with van der Waals surface area (Å²) < 4.78 is 5.92. The minimum atomic E-state index is 0.654. The number of hydrogen-bond acceptors (Lipinski definition) is 1. The summed E-state index contributed by atoms with van der Waals surface area (Å²) in [6, 6.07) is 19.9. The maximum Gasteiger partial charge on any atom is 0.146 e. The summed E-state index contributed by atoms with van der Waals surface area (Å²) in [5.41, 5.74) is 1.09. The number of aryl methyl sites for hydroxylation is 1. The number of benzene rings is 3. The van der Waals surface area contributed by atoms with E-state index in [-0.39, 0.29) is 0 Å². The largest absolute Gasteiger partial charge is 0.456 e. The molecule has 1 nitrogen and oxygen atoms in total. The van der Waals surface area contributed by atoms with E-state index in [9.17, 15) is 0 Å². The highest BCUT2D eigenvalue weighted by atomic mass is 35.5. The first-order valence-corrected chi connectivity index (χ1v) is 6.54. The summed E-state index contributed by atoms with van der Waals surface area (Å²) in [5.74, 6) is 1.52. The summed E-state index contributed by atoms with van der Waals surface area (Å²) in [4.78, 5) is 0. The molecule has 3 aromatic carbocycles. The molecule has 0 aliphatic heterocycles. The third-order valence-electron chi connectivity index (χ3n) is 3.14. The van der Waals surface area contributed by atoms with Gasteiger partial charge in [-0.05, 0) is 30.0 Å². The van der Waals surface area contributed by atoms with Gasteiger partial charge in [-0.15, -0.1) is 0 Å². The van der Waals surface area contributed by atoms with Crippen molar-refractivity contribution in [1.29, 1.82) is 0 Å². The fourth-order valence-corrected chi connectivity index (χ4v) is 2.36. The second-order valence-electron chi connectivity index (χ2n) is 4.47. The molecular formula is C17H13ClO. The van der Waals surface area contributed by atoms with Crippen molar-refractivity contribution in [1.82, 2.24) is 0 Å². The Hall–Kier alpha value is -1.99. The zero-order valence-electron chi connectivity index (χ0n) is 10.6. The number of para-hydroxylation sites is 1. The van der Waals surface area contributed by atoms with Crippen LogP contribution in [-0.2, 0) is 0 Å². The van der Waals surface area contributed by atoms with Gasteiger partial charge >= 0.3 is 0 Å². The van der Waals surface area contributed by atoms with Crippen molar-refractivity contribution in [3.05, 3.63) is 71.2 Å². The summed E-state index contributed by atoms with van der Waals surface area (Å²) >= 11 is 6.42. The summed E-state index contributed by atoms with van der Waals surface area (Å²) in [5, 5.41) is 2.78. The minimum Gasteiger partial charge on any atom is -0.456 e. The minimum absolute atomic E-state index is 0.654. The molecule has 0 unspecified atom stereocenters. The van der Waals surface area contributed by atoms with Gasteiger partial charge in [-0.2, -0.15) is 0 Å². The standard InChI is InChI=1S/C17H13ClO/c1-12-6-2-5-9-15(12)19-16-11-10-13-7-3-4-8-14(13)17(16)18/h2-11H,1H3. The van der Waals surface area contributed by atoms with Crippen molar-refractivity contribution in [3.63, 3.8) is 0 Å². The Bertz CT molecular complexity index is 734. The molecule has 2 heteroatoms. The van der Waals surface area contributed by atoms with Crippen LogP contribution in [0.4, 0.5) is 0 Å². The molecule has 0 fully saturated rings. The van der Waals surface area contributed by atoms with Crippen LogP contribution in [0.3, 0.4) is 0 Å². The van der Waals surface area contributed by atoms with Crippen molar-refractivity contribution >= 4 is 22.4 Å². The number of ether oxygens (including phenoxy) is 1. The van der Waals surface area contributed by atoms with Crippen LogP contribution < -0.4 is 4.74 Å². The van der Waals surface area contributed by atoms with Gasteiger partial charge in [-0.1, -0.05) is 60.1 Å². The Morgan fingerprint density at radius 2 is 1.53 bits per heavy atom. The van der Waals surface area contributed by atoms with Crippen LogP contribution in [0.5, 0.6) is 11.5 Å². The van der Waals surface area contributed by atoms with E-state index >= 15 is 0 Å². The lowest BCUT2D eigenvalue weighted by Crippen LogP contribution is -1.88. The van der Waals surface area contributed by atoms with Gasteiger partial charge in [0.2, 0.25) is 0 Å². The smallest absolute Gasteiger partial charge is 0.146 e. The molecule has 0 bridgehead atoms. The summed E-state index contributed by atoms with van der Waals surface area (Å²) in [6.07, 6.45) is 0. The second kappa shape index (κ2) is 4.94. The Morgan fingerprint density at radius 1 is 0.789 bits per heavy atom. The molecule has 0 atom stereocenters. The van der Waals surface area contributed by atoms with Gasteiger partial charge in [-0.3, -0.25) is 0 Å². The molecule has 0 saturated heterocycles. The molecule has 0 radical (unpaired) electrons. The van der Waals surface area contributed by atoms with Gasteiger partial charge < -0.3 is 4.74 Å². The number of fused-ring (bicyclic) bond motifs is 1. The van der Waals surface area contributed by atoms with Crippen molar-refractivity contribution in [3.8, 4) is 11.5 Å². The number of rotatable bonds is 2. The molecule has 3 aromatic rings. The molecule has 0 aromatic heterocycles. The van der Waals surface area contributed by atoms with Gasteiger partial charge in [0.15, 0.2) is 0 Å². The highest BCUT2D eigenvalue weighted by molar-refractivity contribution is 6.37. The molecule has 0 amide bonds. The first-order chi connectivity index (χ1) is 9.25. The Kier molecular flexibility index (Phi) is 3.14. The fourth-order valence-electron chi connectivity index (χ4n) is 2.08. The third kappa shape index (κ3) is 2.29. The van der Waals surface area contributed by atoms with Gasteiger partial charge in [-0.25, -0.2) is 0 Å². The van der Waals surface area contributed by atoms with Crippen LogP contribution in [0.25, 0.3) is 10.8 Å². The number of hydrogen-bond donors (Lipinski definition) is 0. The molecule has 0 N–H and O–H groups in total. The lowest BCUT2D eigenvalue weighted by Gasteiger charge is -2.11. The van der Waals surface area contributed by atoms with E-state index in [1.807, 2.05) is 67.6 Å². The molecule has 3 rings (SSSR count). The predicted molar refractivity (Wildman–Crippen MR) is 80.2 cm³/mol. The quantitative estimate of drug-likeness (QED) is 0.588. The maximum atomic E-state index is 6.42. The van der Waals surface area contributed by atoms with E-state index in [0.717, 1.165) is 22.1 Å². The van der Waals surface area contributed by atoms with E-state index in [0.29, 0.717) is 10.8 Å². The van der Waals surface area contributed by atoms with Crippen LogP contribution in [0, 0.1) is 6.92 Å². The second-order valence-corrected chi connectivity index (χ2v) is 4.84.